The minimum Gasteiger partial charge on any atom is -0.482 e. The van der Waals surface area contributed by atoms with Crippen LogP contribution >= 0.6 is 0 Å². The van der Waals surface area contributed by atoms with Crippen molar-refractivity contribution in [2.45, 2.75) is 31.9 Å². The normalized spacial score (nSPS) is 17.0. The third kappa shape index (κ3) is 4.32. The van der Waals surface area contributed by atoms with E-state index in [1.54, 1.807) is 26.0 Å². The lowest BCUT2D eigenvalue weighted by Crippen LogP contribution is -2.48. The van der Waals surface area contributed by atoms with Gasteiger partial charge in [0, 0.05) is 12.5 Å². The molecular formula is C18H20N4O5. The molecule has 1 aromatic heterocycles. The number of rotatable bonds is 5. The van der Waals surface area contributed by atoms with Gasteiger partial charge in [-0.15, -0.1) is 0 Å². The van der Waals surface area contributed by atoms with Crippen molar-refractivity contribution in [1.82, 2.24) is 15.3 Å². The van der Waals surface area contributed by atoms with E-state index in [4.69, 9.17) is 4.74 Å². The summed E-state index contributed by atoms with van der Waals surface area (Å²) >= 11 is 0. The van der Waals surface area contributed by atoms with Crippen LogP contribution in [0.1, 0.15) is 20.3 Å². The SMILES string of the molecule is CC1(C)CC(=O)C=C(C(=O)N[C@@H](CO)C(=O)Nc2nc3ccccc3[nH]2)O1. The molecule has 0 unspecified atom stereocenters. The first kappa shape index (κ1) is 18.6. The van der Waals surface area contributed by atoms with Crippen molar-refractivity contribution in [3.8, 4) is 0 Å². The second kappa shape index (κ2) is 7.20. The molecule has 4 N–H and O–H groups in total. The van der Waals surface area contributed by atoms with E-state index in [2.05, 4.69) is 20.6 Å². The molecule has 3 rings (SSSR count). The van der Waals surface area contributed by atoms with Gasteiger partial charge in [-0.25, -0.2) is 4.98 Å². The smallest absolute Gasteiger partial charge is 0.287 e. The number of nitrogens with zero attached hydrogens (tertiary/aromatic N) is 1. The largest absolute Gasteiger partial charge is 0.482 e. The van der Waals surface area contributed by atoms with Gasteiger partial charge in [0.1, 0.15) is 11.6 Å². The topological polar surface area (TPSA) is 133 Å². The van der Waals surface area contributed by atoms with Gasteiger partial charge in [0.05, 0.1) is 17.6 Å². The van der Waals surface area contributed by atoms with Gasteiger partial charge in [-0.1, -0.05) is 12.1 Å². The maximum Gasteiger partial charge on any atom is 0.287 e. The molecule has 0 bridgehead atoms. The van der Waals surface area contributed by atoms with Crippen molar-refractivity contribution < 1.29 is 24.2 Å². The summed E-state index contributed by atoms with van der Waals surface area (Å²) in [5.41, 5.74) is 0.585. The molecule has 2 heterocycles. The molecule has 27 heavy (non-hydrogen) atoms. The van der Waals surface area contributed by atoms with Gasteiger partial charge in [0.15, 0.2) is 11.5 Å². The Morgan fingerprint density at radius 3 is 2.78 bits per heavy atom. The highest BCUT2D eigenvalue weighted by Gasteiger charge is 2.33. The molecule has 2 aromatic rings. The van der Waals surface area contributed by atoms with Crippen LogP contribution in [0.4, 0.5) is 5.95 Å². The number of amides is 2. The van der Waals surface area contributed by atoms with E-state index in [1.165, 1.54) is 0 Å². The van der Waals surface area contributed by atoms with Crippen LogP contribution in [0.5, 0.6) is 0 Å². The first-order chi connectivity index (χ1) is 12.8. The van der Waals surface area contributed by atoms with Crippen LogP contribution in [0.3, 0.4) is 0 Å². The van der Waals surface area contributed by atoms with Crippen molar-refractivity contribution >= 4 is 34.6 Å². The van der Waals surface area contributed by atoms with Gasteiger partial charge in [-0.3, -0.25) is 19.7 Å². The zero-order valence-electron chi connectivity index (χ0n) is 14.9. The Bertz CT molecular complexity index is 898. The highest BCUT2D eigenvalue weighted by atomic mass is 16.5. The number of ketones is 1. The molecular weight excluding hydrogens is 352 g/mol. The van der Waals surface area contributed by atoms with Crippen molar-refractivity contribution in [2.24, 2.45) is 0 Å². The number of H-pyrrole nitrogens is 1. The highest BCUT2D eigenvalue weighted by Crippen LogP contribution is 2.24. The average Bonchev–Trinajstić information content (AvgIpc) is 2.99. The molecule has 1 aromatic carbocycles. The monoisotopic (exact) mass is 372 g/mol. The van der Waals surface area contributed by atoms with Crippen LogP contribution in [-0.4, -0.2) is 50.9 Å². The predicted molar refractivity (Wildman–Crippen MR) is 96.6 cm³/mol. The Kier molecular flexibility index (Phi) is 4.95. The Balaban J connectivity index is 1.68. The van der Waals surface area contributed by atoms with Crippen LogP contribution in [-0.2, 0) is 19.1 Å². The van der Waals surface area contributed by atoms with Gasteiger partial charge in [0.25, 0.3) is 11.8 Å². The van der Waals surface area contributed by atoms with Crippen LogP contribution in [0.25, 0.3) is 11.0 Å². The summed E-state index contributed by atoms with van der Waals surface area (Å²) in [6.07, 6.45) is 1.24. The summed E-state index contributed by atoms with van der Waals surface area (Å²) in [5, 5.41) is 14.4. The summed E-state index contributed by atoms with van der Waals surface area (Å²) in [7, 11) is 0. The van der Waals surface area contributed by atoms with Crippen molar-refractivity contribution in [3.05, 3.63) is 36.1 Å². The molecule has 0 fully saturated rings. The molecule has 0 saturated carbocycles. The van der Waals surface area contributed by atoms with Crippen LogP contribution < -0.4 is 10.6 Å². The number of aliphatic hydroxyl groups excluding tert-OH is 1. The third-order valence-corrected chi connectivity index (χ3v) is 3.94. The molecule has 0 aliphatic carbocycles. The van der Waals surface area contributed by atoms with Crippen molar-refractivity contribution in [2.75, 3.05) is 11.9 Å². The number of ether oxygens (including phenoxy) is 1. The summed E-state index contributed by atoms with van der Waals surface area (Å²) in [6, 6.07) is 5.97. The summed E-state index contributed by atoms with van der Waals surface area (Å²) in [6.45, 7) is 2.73. The number of anilines is 1. The highest BCUT2D eigenvalue weighted by molar-refractivity contribution is 6.04. The number of carbonyl (C=O) groups excluding carboxylic acids is 3. The lowest BCUT2D eigenvalue weighted by molar-refractivity contribution is -0.133. The predicted octanol–water partition coefficient (Wildman–Crippen LogP) is 0.630. The number of aromatic nitrogens is 2. The minimum absolute atomic E-state index is 0.153. The molecule has 2 amide bonds. The maximum atomic E-state index is 12.4. The average molecular weight is 372 g/mol. The van der Waals surface area contributed by atoms with Crippen molar-refractivity contribution in [1.29, 1.82) is 0 Å². The van der Waals surface area contributed by atoms with E-state index in [0.717, 1.165) is 11.6 Å². The second-order valence-corrected chi connectivity index (χ2v) is 6.81. The molecule has 0 spiro atoms. The van der Waals surface area contributed by atoms with E-state index in [-0.39, 0.29) is 23.9 Å². The second-order valence-electron chi connectivity index (χ2n) is 6.81. The third-order valence-electron chi connectivity index (χ3n) is 3.94. The van der Waals surface area contributed by atoms with Gasteiger partial charge in [0.2, 0.25) is 5.95 Å². The molecule has 0 saturated heterocycles. The summed E-state index contributed by atoms with van der Waals surface area (Å²) in [4.78, 5) is 43.5. The number of fused-ring (bicyclic) bond motifs is 1. The van der Waals surface area contributed by atoms with Crippen LogP contribution in [0.2, 0.25) is 0 Å². The quantitative estimate of drug-likeness (QED) is 0.608. The first-order valence-corrected chi connectivity index (χ1v) is 8.38. The van der Waals surface area contributed by atoms with Gasteiger partial charge in [-0.2, -0.15) is 0 Å². The first-order valence-electron chi connectivity index (χ1n) is 8.38. The standard InChI is InChI=1S/C18H20N4O5/c1-18(2)8-10(24)7-14(27-18)16(26)19-13(9-23)15(25)22-17-20-11-5-3-4-6-12(11)21-17/h3-7,13,23H,8-9H2,1-2H3,(H,19,26)(H2,20,21,22,25)/t13-/m0/s1. The molecule has 1 atom stereocenters. The summed E-state index contributed by atoms with van der Waals surface area (Å²) in [5.74, 6) is -1.66. The fraction of sp³-hybridized carbons (Fsp3) is 0.333. The Labute approximate surface area is 154 Å². The number of nitrogens with one attached hydrogen (secondary N) is 3. The number of imidazole rings is 1. The number of hydrogen-bond donors (Lipinski definition) is 4. The minimum atomic E-state index is -1.24. The number of carbonyl (C=O) groups is 3. The van der Waals surface area contributed by atoms with Crippen LogP contribution in [0, 0.1) is 0 Å². The molecule has 1 aliphatic rings. The maximum absolute atomic E-state index is 12.4. The number of allylic oxidation sites excluding steroid dienone is 1. The molecule has 9 nitrogen and oxygen atoms in total. The van der Waals surface area contributed by atoms with Crippen LogP contribution in [0.15, 0.2) is 36.1 Å². The van der Waals surface area contributed by atoms with E-state index >= 15 is 0 Å². The lowest BCUT2D eigenvalue weighted by Gasteiger charge is -2.30. The fourth-order valence-electron chi connectivity index (χ4n) is 2.73. The number of para-hydroxylation sites is 2. The molecule has 0 radical (unpaired) electrons. The Hall–Kier alpha value is -3.20. The fourth-order valence-corrected chi connectivity index (χ4v) is 2.73. The number of aliphatic hydroxyl groups is 1. The van der Waals surface area contributed by atoms with E-state index in [9.17, 15) is 19.5 Å². The molecule has 1 aliphatic heterocycles. The van der Waals surface area contributed by atoms with Gasteiger partial charge < -0.3 is 20.1 Å². The number of hydrogen-bond acceptors (Lipinski definition) is 6. The van der Waals surface area contributed by atoms with Crippen molar-refractivity contribution in [3.63, 3.8) is 0 Å². The lowest BCUT2D eigenvalue weighted by atomic mass is 9.98. The zero-order chi connectivity index (χ0) is 19.6. The Morgan fingerprint density at radius 2 is 2.11 bits per heavy atom. The van der Waals surface area contributed by atoms with Gasteiger partial charge in [-0.05, 0) is 26.0 Å². The Morgan fingerprint density at radius 1 is 1.37 bits per heavy atom. The number of aromatic amines is 1. The molecule has 9 heteroatoms. The summed E-state index contributed by atoms with van der Waals surface area (Å²) < 4.78 is 5.49. The van der Waals surface area contributed by atoms with E-state index in [1.807, 2.05) is 12.1 Å². The van der Waals surface area contributed by atoms with E-state index in [0.29, 0.717) is 5.52 Å². The zero-order valence-corrected chi connectivity index (χ0v) is 14.9. The number of benzene rings is 1. The van der Waals surface area contributed by atoms with Gasteiger partial charge >= 0.3 is 0 Å². The molecule has 142 valence electrons. The van der Waals surface area contributed by atoms with E-state index < -0.39 is 30.1 Å².